The summed E-state index contributed by atoms with van der Waals surface area (Å²) < 4.78 is 10.2. The zero-order valence-electron chi connectivity index (χ0n) is 15.1. The van der Waals surface area contributed by atoms with Gasteiger partial charge in [-0.15, -0.1) is 0 Å². The molecule has 144 valence electrons. The van der Waals surface area contributed by atoms with Crippen LogP contribution in [0, 0.1) is 0 Å². The van der Waals surface area contributed by atoms with Crippen molar-refractivity contribution >= 4 is 34.4 Å². The first-order valence-electron chi connectivity index (χ1n) is 8.73. The smallest absolute Gasteiger partial charge is 0.349 e. The summed E-state index contributed by atoms with van der Waals surface area (Å²) in [5.41, 5.74) is 0.0267. The second-order valence-corrected chi connectivity index (χ2v) is 6.45. The van der Waals surface area contributed by atoms with Gasteiger partial charge in [-0.05, 0) is 30.7 Å². The topological polar surface area (TPSA) is 85.6 Å². The molecule has 1 N–H and O–H groups in total. The van der Waals surface area contributed by atoms with Crippen LogP contribution in [0.1, 0.15) is 35.3 Å². The van der Waals surface area contributed by atoms with Gasteiger partial charge in [-0.2, -0.15) is 0 Å². The maximum atomic E-state index is 12.8. The van der Waals surface area contributed by atoms with Crippen molar-refractivity contribution < 1.29 is 18.7 Å². The first kappa shape index (κ1) is 19.6. The van der Waals surface area contributed by atoms with Crippen LogP contribution in [0.25, 0.3) is 11.0 Å². The maximum Gasteiger partial charge on any atom is 0.349 e. The average Bonchev–Trinajstić information content (AvgIpc) is 2.67. The van der Waals surface area contributed by atoms with E-state index in [-0.39, 0.29) is 18.6 Å². The quantitative estimate of drug-likeness (QED) is 0.502. The number of carbonyl (C=O) groups excluding carboxylic acids is 2. The van der Waals surface area contributed by atoms with Crippen molar-refractivity contribution in [2.75, 3.05) is 6.61 Å². The molecule has 0 spiro atoms. The summed E-state index contributed by atoms with van der Waals surface area (Å²) >= 11 is 6.23. The number of nitrogens with one attached hydrogen (secondary N) is 1. The summed E-state index contributed by atoms with van der Waals surface area (Å²) in [6.45, 7) is 1.91. The molecule has 1 atom stereocenters. The Bertz CT molecular complexity index is 1080. The van der Waals surface area contributed by atoms with Crippen molar-refractivity contribution in [3.05, 3.63) is 81.2 Å². The van der Waals surface area contributed by atoms with Crippen molar-refractivity contribution in [2.45, 2.75) is 19.4 Å². The molecule has 1 amide bonds. The second-order valence-electron chi connectivity index (χ2n) is 6.04. The number of carbonyl (C=O) groups is 2. The van der Waals surface area contributed by atoms with Crippen molar-refractivity contribution in [1.29, 1.82) is 0 Å². The van der Waals surface area contributed by atoms with Gasteiger partial charge in [-0.1, -0.05) is 48.0 Å². The van der Waals surface area contributed by atoms with Gasteiger partial charge in [0, 0.05) is 10.4 Å². The SMILES string of the molecule is CCOC(=O)C[C@H](NC(=O)c1cc2ccccc2oc1=O)c1ccccc1Cl. The highest BCUT2D eigenvalue weighted by Gasteiger charge is 2.23. The monoisotopic (exact) mass is 399 g/mol. The van der Waals surface area contributed by atoms with Crippen molar-refractivity contribution in [3.63, 3.8) is 0 Å². The lowest BCUT2D eigenvalue weighted by Crippen LogP contribution is -2.33. The summed E-state index contributed by atoms with van der Waals surface area (Å²) in [5.74, 6) is -1.15. The minimum absolute atomic E-state index is 0.123. The van der Waals surface area contributed by atoms with Crippen LogP contribution in [0.4, 0.5) is 0 Å². The Hall–Kier alpha value is -3.12. The Kier molecular flexibility index (Phi) is 6.11. The molecule has 0 bridgehead atoms. The van der Waals surface area contributed by atoms with Crippen LogP contribution in [-0.4, -0.2) is 18.5 Å². The van der Waals surface area contributed by atoms with Crippen LogP contribution in [0.2, 0.25) is 5.02 Å². The number of hydrogen-bond donors (Lipinski definition) is 1. The van der Waals surface area contributed by atoms with Gasteiger partial charge in [0.2, 0.25) is 0 Å². The van der Waals surface area contributed by atoms with Crippen LogP contribution in [0.3, 0.4) is 0 Å². The third-order valence-electron chi connectivity index (χ3n) is 4.15. The molecule has 1 heterocycles. The number of fused-ring (bicyclic) bond motifs is 1. The number of rotatable bonds is 6. The standard InChI is InChI=1S/C21H18ClNO5/c1-2-27-19(24)12-17(14-8-4-5-9-16(14)22)23-20(25)15-11-13-7-3-6-10-18(13)28-21(15)26/h3-11,17H,2,12H2,1H3,(H,23,25)/t17-/m0/s1. The number of ether oxygens (including phenoxy) is 1. The van der Waals surface area contributed by atoms with E-state index in [1.165, 1.54) is 6.07 Å². The van der Waals surface area contributed by atoms with E-state index in [2.05, 4.69) is 5.32 Å². The molecule has 1 aromatic heterocycles. The number of hydrogen-bond acceptors (Lipinski definition) is 5. The van der Waals surface area contributed by atoms with Gasteiger partial charge in [0.25, 0.3) is 5.91 Å². The van der Waals surface area contributed by atoms with E-state index in [4.69, 9.17) is 20.8 Å². The van der Waals surface area contributed by atoms with Gasteiger partial charge >= 0.3 is 11.6 Å². The normalized spacial score (nSPS) is 11.8. The van der Waals surface area contributed by atoms with Crippen LogP contribution >= 0.6 is 11.6 Å². The van der Waals surface area contributed by atoms with Gasteiger partial charge in [-0.3, -0.25) is 9.59 Å². The molecule has 7 heteroatoms. The lowest BCUT2D eigenvalue weighted by molar-refractivity contribution is -0.143. The summed E-state index contributed by atoms with van der Waals surface area (Å²) in [4.78, 5) is 37.0. The molecule has 0 saturated carbocycles. The van der Waals surface area contributed by atoms with Crippen LogP contribution in [-0.2, 0) is 9.53 Å². The minimum atomic E-state index is -0.759. The van der Waals surface area contributed by atoms with E-state index in [1.54, 1.807) is 55.5 Å². The molecule has 0 fully saturated rings. The molecule has 3 rings (SSSR count). The van der Waals surface area contributed by atoms with E-state index >= 15 is 0 Å². The fraction of sp³-hybridized carbons (Fsp3) is 0.190. The lowest BCUT2D eigenvalue weighted by Gasteiger charge is -2.19. The summed E-state index contributed by atoms with van der Waals surface area (Å²) in [6, 6.07) is 14.4. The summed E-state index contributed by atoms with van der Waals surface area (Å²) in [5, 5.41) is 3.71. The number of para-hydroxylation sites is 1. The third-order valence-corrected chi connectivity index (χ3v) is 4.49. The molecular formula is C21H18ClNO5. The Morgan fingerprint density at radius 1 is 1.14 bits per heavy atom. The molecule has 0 saturated heterocycles. The molecule has 2 aromatic carbocycles. The number of amides is 1. The lowest BCUT2D eigenvalue weighted by atomic mass is 10.0. The first-order valence-corrected chi connectivity index (χ1v) is 9.11. The van der Waals surface area contributed by atoms with Gasteiger partial charge in [0.1, 0.15) is 11.1 Å². The van der Waals surface area contributed by atoms with Gasteiger partial charge in [-0.25, -0.2) is 4.79 Å². The highest BCUT2D eigenvalue weighted by molar-refractivity contribution is 6.31. The molecule has 0 aliphatic rings. The van der Waals surface area contributed by atoms with Gasteiger partial charge < -0.3 is 14.5 Å². The molecule has 6 nitrogen and oxygen atoms in total. The minimum Gasteiger partial charge on any atom is -0.466 e. The van der Waals surface area contributed by atoms with E-state index in [0.717, 1.165) is 0 Å². The molecule has 0 aliphatic heterocycles. The number of halogens is 1. The molecule has 28 heavy (non-hydrogen) atoms. The van der Waals surface area contributed by atoms with Gasteiger partial charge in [0.05, 0.1) is 19.1 Å². The molecule has 0 unspecified atom stereocenters. The Morgan fingerprint density at radius 2 is 1.86 bits per heavy atom. The van der Waals surface area contributed by atoms with E-state index in [1.807, 2.05) is 0 Å². The highest BCUT2D eigenvalue weighted by atomic mass is 35.5. The molecule has 0 radical (unpaired) electrons. The van der Waals surface area contributed by atoms with Crippen molar-refractivity contribution in [3.8, 4) is 0 Å². The van der Waals surface area contributed by atoms with Crippen molar-refractivity contribution in [2.24, 2.45) is 0 Å². The fourth-order valence-corrected chi connectivity index (χ4v) is 3.11. The van der Waals surface area contributed by atoms with Crippen LogP contribution < -0.4 is 10.9 Å². The van der Waals surface area contributed by atoms with Crippen LogP contribution in [0.5, 0.6) is 0 Å². The predicted molar refractivity (Wildman–Crippen MR) is 105 cm³/mol. The molecule has 3 aromatic rings. The third kappa shape index (κ3) is 4.40. The first-order chi connectivity index (χ1) is 13.5. The second kappa shape index (κ2) is 8.71. The Balaban J connectivity index is 1.93. The van der Waals surface area contributed by atoms with E-state index < -0.39 is 23.5 Å². The Morgan fingerprint density at radius 3 is 2.61 bits per heavy atom. The van der Waals surface area contributed by atoms with Crippen molar-refractivity contribution in [1.82, 2.24) is 5.32 Å². The maximum absolute atomic E-state index is 12.8. The van der Waals surface area contributed by atoms with E-state index in [9.17, 15) is 14.4 Å². The number of esters is 1. The molecule has 0 aliphatic carbocycles. The summed E-state index contributed by atoms with van der Waals surface area (Å²) in [6.07, 6.45) is -0.123. The zero-order chi connectivity index (χ0) is 20.1. The largest absolute Gasteiger partial charge is 0.466 e. The van der Waals surface area contributed by atoms with Gasteiger partial charge in [0.15, 0.2) is 0 Å². The number of benzene rings is 2. The highest BCUT2D eigenvalue weighted by Crippen LogP contribution is 2.26. The molecular weight excluding hydrogens is 382 g/mol. The summed E-state index contributed by atoms with van der Waals surface area (Å²) in [7, 11) is 0. The average molecular weight is 400 g/mol. The fourth-order valence-electron chi connectivity index (χ4n) is 2.84. The zero-order valence-corrected chi connectivity index (χ0v) is 15.9. The van der Waals surface area contributed by atoms with Crippen LogP contribution in [0.15, 0.2) is 63.8 Å². The Labute approximate surface area is 166 Å². The van der Waals surface area contributed by atoms with E-state index in [0.29, 0.717) is 21.6 Å². The predicted octanol–water partition coefficient (Wildman–Crippen LogP) is 3.87.